The van der Waals surface area contributed by atoms with Gasteiger partial charge in [0.05, 0.1) is 11.8 Å². The van der Waals surface area contributed by atoms with Crippen LogP contribution in [-0.4, -0.2) is 38.2 Å². The summed E-state index contributed by atoms with van der Waals surface area (Å²) in [7, 11) is 1.54. The van der Waals surface area contributed by atoms with Crippen LogP contribution >= 0.6 is 0 Å². The number of benzene rings is 2. The third kappa shape index (κ3) is 10.1. The fraction of sp³-hybridized carbons (Fsp3) is 0.464. The summed E-state index contributed by atoms with van der Waals surface area (Å²) in [5.41, 5.74) is 10.2. The van der Waals surface area contributed by atoms with E-state index in [-0.39, 0.29) is 24.1 Å². The lowest BCUT2D eigenvalue weighted by Gasteiger charge is -2.25. The van der Waals surface area contributed by atoms with Crippen LogP contribution in [0.25, 0.3) is 11.1 Å². The van der Waals surface area contributed by atoms with Crippen molar-refractivity contribution in [1.29, 1.82) is 0 Å². The predicted octanol–water partition coefficient (Wildman–Crippen LogP) is 4.35. The van der Waals surface area contributed by atoms with Gasteiger partial charge in [0, 0.05) is 24.6 Å². The highest BCUT2D eigenvalue weighted by molar-refractivity contribution is 6.48. The first kappa shape index (κ1) is 32.0. The summed E-state index contributed by atoms with van der Waals surface area (Å²) in [6, 6.07) is 8.61. The average molecular weight is 512 g/mol. The maximum atomic E-state index is 15.7. The number of nitrogens with zero attached hydrogens (tertiary/aromatic N) is 1. The largest absolute Gasteiger partial charge is 0.461 e. The topological polar surface area (TPSA) is 103 Å². The van der Waals surface area contributed by atoms with Gasteiger partial charge in [-0.2, -0.15) is 5.10 Å². The third-order valence-electron chi connectivity index (χ3n) is 5.22. The number of hydrazone groups is 1. The van der Waals surface area contributed by atoms with Gasteiger partial charge in [-0.05, 0) is 53.5 Å². The molecule has 0 aromatic heterocycles. The number of carbonyl (C=O) groups excluding carboxylic acids is 2. The van der Waals surface area contributed by atoms with Crippen molar-refractivity contribution in [2.45, 2.75) is 79.4 Å². The van der Waals surface area contributed by atoms with E-state index in [9.17, 15) is 9.59 Å². The highest BCUT2D eigenvalue weighted by atomic mass is 19.1. The molecule has 3 N–H and O–H groups in total. The van der Waals surface area contributed by atoms with E-state index < -0.39 is 17.4 Å². The van der Waals surface area contributed by atoms with Crippen LogP contribution in [0.3, 0.4) is 0 Å². The minimum atomic E-state index is -0.618. The molecule has 0 saturated carbocycles. The van der Waals surface area contributed by atoms with Crippen LogP contribution in [0, 0.1) is 5.82 Å². The first-order valence-electron chi connectivity index (χ1n) is 12.3. The molecule has 7 nitrogen and oxygen atoms in total. The number of rotatable bonds is 10. The molecule has 2 aromatic rings. The highest BCUT2D eigenvalue weighted by Gasteiger charge is 2.24. The Morgan fingerprint density at radius 3 is 2.38 bits per heavy atom. The summed E-state index contributed by atoms with van der Waals surface area (Å²) in [5.74, 6) is -0.936. The minimum absolute atomic E-state index is 0.0899. The normalized spacial score (nSPS) is 11.5. The van der Waals surface area contributed by atoms with E-state index in [1.807, 2.05) is 40.7 Å². The second-order valence-corrected chi connectivity index (χ2v) is 10.2. The lowest BCUT2D eigenvalue weighted by Crippen LogP contribution is -2.39. The Balaban J connectivity index is 0.00000217. The van der Waals surface area contributed by atoms with Gasteiger partial charge in [0.2, 0.25) is 6.41 Å². The molecule has 0 saturated heterocycles. The molecule has 0 bridgehead atoms. The molecule has 9 heteroatoms. The fourth-order valence-electron chi connectivity index (χ4n) is 3.14. The van der Waals surface area contributed by atoms with Gasteiger partial charge in [-0.3, -0.25) is 9.59 Å². The van der Waals surface area contributed by atoms with Crippen molar-refractivity contribution in [2.24, 2.45) is 10.8 Å². The van der Waals surface area contributed by atoms with Gasteiger partial charge >= 0.3 is 13.5 Å². The standard InChI is InChI=1S/C25H32BFN3O4.C3H8/c1-16(32)33-13-20-19(8-7-9-21(20)26-34-25(5,6)14-28)23-17(12-29-30-15-31)10-18(11-22(23)27)24(2,3)4;1-3-2/h7-12,15H,13-14,28H2,1-6H3,(H,30,31);3H2,1-2H3/b29-12-;. The molecule has 0 aliphatic carbocycles. The zero-order valence-corrected chi connectivity index (χ0v) is 23.3. The quantitative estimate of drug-likeness (QED) is 0.162. The zero-order valence-electron chi connectivity index (χ0n) is 23.3. The van der Waals surface area contributed by atoms with Crippen LogP contribution in [0.4, 0.5) is 4.39 Å². The van der Waals surface area contributed by atoms with Crippen LogP contribution in [0.2, 0.25) is 0 Å². The van der Waals surface area contributed by atoms with Crippen molar-refractivity contribution < 1.29 is 23.4 Å². The lowest BCUT2D eigenvalue weighted by atomic mass is 9.78. The summed E-state index contributed by atoms with van der Waals surface area (Å²) >= 11 is 0. The smallest absolute Gasteiger partial charge is 0.331 e. The Kier molecular flexibility index (Phi) is 12.7. The van der Waals surface area contributed by atoms with Crippen molar-refractivity contribution in [3.63, 3.8) is 0 Å². The van der Waals surface area contributed by atoms with E-state index in [2.05, 4.69) is 24.4 Å². The van der Waals surface area contributed by atoms with Crippen molar-refractivity contribution in [3.05, 3.63) is 52.8 Å². The Hall–Kier alpha value is -3.04. The maximum Gasteiger partial charge on any atom is 0.331 e. The van der Waals surface area contributed by atoms with Crippen molar-refractivity contribution in [1.82, 2.24) is 5.43 Å². The Labute approximate surface area is 221 Å². The number of amides is 1. The van der Waals surface area contributed by atoms with Gasteiger partial charge in [0.25, 0.3) is 0 Å². The molecular formula is C28H40BFN3O4. The third-order valence-corrected chi connectivity index (χ3v) is 5.22. The van der Waals surface area contributed by atoms with Gasteiger partial charge in [-0.1, -0.05) is 59.2 Å². The number of hydrogen-bond acceptors (Lipinski definition) is 6. The van der Waals surface area contributed by atoms with Crippen LogP contribution < -0.4 is 16.6 Å². The summed E-state index contributed by atoms with van der Waals surface area (Å²) in [4.78, 5) is 22.3. The van der Waals surface area contributed by atoms with Gasteiger partial charge in [0.15, 0.2) is 0 Å². The first-order chi connectivity index (χ1) is 17.3. The highest BCUT2D eigenvalue weighted by Crippen LogP contribution is 2.33. The molecule has 0 aliphatic rings. The van der Waals surface area contributed by atoms with E-state index in [1.165, 1.54) is 25.6 Å². The second kappa shape index (κ2) is 14.6. The summed E-state index contributed by atoms with van der Waals surface area (Å²) in [5, 5.41) is 3.88. The number of halogens is 1. The molecule has 201 valence electrons. The van der Waals surface area contributed by atoms with Gasteiger partial charge in [-0.25, -0.2) is 9.82 Å². The number of hydrogen-bond donors (Lipinski definition) is 2. The monoisotopic (exact) mass is 512 g/mol. The summed E-state index contributed by atoms with van der Waals surface area (Å²) < 4.78 is 26.8. The van der Waals surface area contributed by atoms with Crippen molar-refractivity contribution >= 4 is 31.5 Å². The maximum absolute atomic E-state index is 15.7. The molecule has 37 heavy (non-hydrogen) atoms. The molecule has 0 fully saturated rings. The van der Waals surface area contributed by atoms with Crippen LogP contribution in [0.1, 0.15) is 78.5 Å². The number of nitrogens with two attached hydrogens (primary N) is 1. The van der Waals surface area contributed by atoms with E-state index >= 15 is 4.39 Å². The van der Waals surface area contributed by atoms with E-state index in [0.29, 0.717) is 28.6 Å². The number of carbonyl (C=O) groups is 2. The van der Waals surface area contributed by atoms with Crippen molar-refractivity contribution in [2.75, 3.05) is 6.54 Å². The Bertz CT molecular complexity index is 1080. The van der Waals surface area contributed by atoms with Crippen LogP contribution in [0.15, 0.2) is 35.4 Å². The van der Waals surface area contributed by atoms with Crippen LogP contribution in [-0.2, 0) is 31.0 Å². The predicted molar refractivity (Wildman–Crippen MR) is 148 cm³/mol. The molecule has 2 rings (SSSR count). The van der Waals surface area contributed by atoms with Gasteiger partial charge in [-0.15, -0.1) is 0 Å². The van der Waals surface area contributed by atoms with Crippen LogP contribution in [0.5, 0.6) is 0 Å². The van der Waals surface area contributed by atoms with E-state index in [4.69, 9.17) is 15.1 Å². The molecule has 0 atom stereocenters. The summed E-state index contributed by atoms with van der Waals surface area (Å²) in [6.45, 7) is 15.4. The number of ether oxygens (including phenoxy) is 1. The first-order valence-corrected chi connectivity index (χ1v) is 12.3. The molecule has 0 spiro atoms. The van der Waals surface area contributed by atoms with Gasteiger partial charge < -0.3 is 15.1 Å². The molecule has 0 unspecified atom stereocenters. The number of nitrogens with one attached hydrogen (secondary N) is 1. The minimum Gasteiger partial charge on any atom is -0.461 e. The Morgan fingerprint density at radius 2 is 1.84 bits per heavy atom. The molecule has 2 aromatic carbocycles. The van der Waals surface area contributed by atoms with E-state index in [0.717, 1.165) is 5.56 Å². The molecule has 0 aliphatic heterocycles. The van der Waals surface area contributed by atoms with E-state index in [1.54, 1.807) is 25.7 Å². The summed E-state index contributed by atoms with van der Waals surface area (Å²) in [6.07, 6.45) is 3.07. The molecular weight excluding hydrogens is 472 g/mol. The van der Waals surface area contributed by atoms with Crippen molar-refractivity contribution in [3.8, 4) is 11.1 Å². The average Bonchev–Trinajstić information content (AvgIpc) is 2.81. The number of esters is 1. The molecule has 0 heterocycles. The Morgan fingerprint density at radius 1 is 1.19 bits per heavy atom. The molecule has 1 amide bonds. The zero-order chi connectivity index (χ0) is 28.2. The molecule has 1 radical (unpaired) electrons. The lowest BCUT2D eigenvalue weighted by molar-refractivity contribution is -0.142. The second-order valence-electron chi connectivity index (χ2n) is 10.2. The fourth-order valence-corrected chi connectivity index (χ4v) is 3.14. The van der Waals surface area contributed by atoms with Gasteiger partial charge in [0.1, 0.15) is 12.4 Å². The SMILES string of the molecule is CC(=O)OCc1c([B]OC(C)(C)CN)cccc1-c1c(F)cc(C(C)(C)C)cc1/C=N\NC=O.CCC.